The van der Waals surface area contributed by atoms with E-state index in [-0.39, 0.29) is 11.8 Å². The van der Waals surface area contributed by atoms with Crippen molar-refractivity contribution in [2.45, 2.75) is 57.4 Å². The molecule has 0 spiro atoms. The molecule has 4 heterocycles. The lowest BCUT2D eigenvalue weighted by Crippen LogP contribution is -2.40. The predicted molar refractivity (Wildman–Crippen MR) is 154 cm³/mol. The van der Waals surface area contributed by atoms with Crippen molar-refractivity contribution >= 4 is 28.5 Å². The number of carbonyl (C=O) groups excluding carboxylic acids is 2. The fourth-order valence-electron chi connectivity index (χ4n) is 6.59. The Labute approximate surface area is 236 Å². The third-order valence-corrected chi connectivity index (χ3v) is 8.95. The van der Waals surface area contributed by atoms with Gasteiger partial charge in [0.1, 0.15) is 5.52 Å². The van der Waals surface area contributed by atoms with Crippen LogP contribution < -0.4 is 5.32 Å². The first-order valence-corrected chi connectivity index (χ1v) is 14.9. The molecule has 0 bridgehead atoms. The Morgan fingerprint density at radius 2 is 1.60 bits per heavy atom. The molecule has 212 valence electrons. The second kappa shape index (κ2) is 12.5. The van der Waals surface area contributed by atoms with Crippen LogP contribution >= 0.6 is 0 Å². The molecular weight excluding hydrogens is 504 g/mol. The zero-order valence-corrected chi connectivity index (χ0v) is 23.2. The van der Waals surface area contributed by atoms with Gasteiger partial charge in [0.15, 0.2) is 0 Å². The summed E-state index contributed by atoms with van der Waals surface area (Å²) < 4.78 is 13.1. The Balaban J connectivity index is 1.04. The van der Waals surface area contributed by atoms with Gasteiger partial charge in [0.05, 0.1) is 24.3 Å². The SMILES string of the molecule is O=C(CC1CCOCC1)Nc1ccc(C2CCC(Cn3cc(C(=O)N4CCOCC4)c4ncccc43)CC2)cc1. The molecule has 8 nitrogen and oxygen atoms in total. The molecule has 0 atom stereocenters. The molecule has 3 aromatic rings. The van der Waals surface area contributed by atoms with Gasteiger partial charge >= 0.3 is 0 Å². The summed E-state index contributed by atoms with van der Waals surface area (Å²) in [5, 5.41) is 3.08. The summed E-state index contributed by atoms with van der Waals surface area (Å²) in [7, 11) is 0. The van der Waals surface area contributed by atoms with E-state index < -0.39 is 0 Å². The molecule has 6 rings (SSSR count). The fourth-order valence-corrected chi connectivity index (χ4v) is 6.59. The third kappa shape index (κ3) is 6.23. The quantitative estimate of drug-likeness (QED) is 0.440. The summed E-state index contributed by atoms with van der Waals surface area (Å²) in [4.78, 5) is 32.2. The molecule has 2 amide bonds. The number of hydrogen-bond donors (Lipinski definition) is 1. The monoisotopic (exact) mass is 544 g/mol. The summed E-state index contributed by atoms with van der Waals surface area (Å²) in [6, 6.07) is 12.5. The number of fused-ring (bicyclic) bond motifs is 1. The molecule has 3 fully saturated rings. The average Bonchev–Trinajstić information content (AvgIpc) is 3.37. The molecule has 8 heteroatoms. The van der Waals surface area contributed by atoms with Crippen LogP contribution in [0.5, 0.6) is 0 Å². The Bertz CT molecular complexity index is 1300. The van der Waals surface area contributed by atoms with E-state index in [9.17, 15) is 9.59 Å². The second-order valence-corrected chi connectivity index (χ2v) is 11.6. The molecule has 1 aromatic carbocycles. The minimum absolute atomic E-state index is 0.0534. The van der Waals surface area contributed by atoms with Crippen LogP contribution in [-0.4, -0.2) is 65.8 Å². The summed E-state index contributed by atoms with van der Waals surface area (Å²) in [5.41, 5.74) is 4.77. The number of hydrogen-bond acceptors (Lipinski definition) is 5. The first kappa shape index (κ1) is 27.0. The van der Waals surface area contributed by atoms with Crippen LogP contribution in [0, 0.1) is 11.8 Å². The van der Waals surface area contributed by atoms with Crippen LogP contribution in [0.25, 0.3) is 11.0 Å². The standard InChI is InChI=1S/C32H40N4O4/c37-30(20-23-11-16-39-17-12-23)34-27-9-7-26(8-10-27)25-5-3-24(4-6-25)21-36-22-28(31-29(36)2-1-13-33-31)32(38)35-14-18-40-19-15-35/h1-2,7-10,13,22-25H,3-6,11-12,14-21H2,(H,34,37). The molecule has 1 N–H and O–H groups in total. The van der Waals surface area contributed by atoms with Crippen molar-refractivity contribution < 1.29 is 19.1 Å². The fraction of sp³-hybridized carbons (Fsp3) is 0.531. The van der Waals surface area contributed by atoms with Crippen molar-refractivity contribution in [2.75, 3.05) is 44.8 Å². The van der Waals surface area contributed by atoms with Gasteiger partial charge in [0.25, 0.3) is 5.91 Å². The summed E-state index contributed by atoms with van der Waals surface area (Å²) in [5.74, 6) is 1.70. The van der Waals surface area contributed by atoms with E-state index in [0.29, 0.717) is 56.0 Å². The highest BCUT2D eigenvalue weighted by Crippen LogP contribution is 2.37. The average molecular weight is 545 g/mol. The van der Waals surface area contributed by atoms with Gasteiger partial charge in [-0.25, -0.2) is 0 Å². The summed E-state index contributed by atoms with van der Waals surface area (Å²) in [6.07, 6.45) is 10.9. The van der Waals surface area contributed by atoms with Crippen molar-refractivity contribution in [3.63, 3.8) is 0 Å². The number of amides is 2. The first-order valence-electron chi connectivity index (χ1n) is 14.9. The topological polar surface area (TPSA) is 85.7 Å². The zero-order valence-electron chi connectivity index (χ0n) is 23.2. The normalized spacial score (nSPS) is 22.4. The van der Waals surface area contributed by atoms with E-state index in [2.05, 4.69) is 45.2 Å². The summed E-state index contributed by atoms with van der Waals surface area (Å²) in [6.45, 7) is 4.89. The van der Waals surface area contributed by atoms with Gasteiger partial charge in [-0.1, -0.05) is 12.1 Å². The maximum absolute atomic E-state index is 13.3. The van der Waals surface area contributed by atoms with E-state index in [4.69, 9.17) is 9.47 Å². The number of aromatic nitrogens is 2. The van der Waals surface area contributed by atoms with Crippen LogP contribution in [0.4, 0.5) is 5.69 Å². The van der Waals surface area contributed by atoms with E-state index in [1.807, 2.05) is 17.2 Å². The van der Waals surface area contributed by atoms with Crippen molar-refractivity contribution in [1.29, 1.82) is 0 Å². The minimum Gasteiger partial charge on any atom is -0.381 e. The largest absolute Gasteiger partial charge is 0.381 e. The number of pyridine rings is 1. The van der Waals surface area contributed by atoms with Gasteiger partial charge in [-0.3, -0.25) is 14.6 Å². The number of nitrogens with zero attached hydrogens (tertiary/aromatic N) is 3. The van der Waals surface area contributed by atoms with Crippen molar-refractivity contribution in [2.24, 2.45) is 11.8 Å². The molecule has 1 saturated carbocycles. The van der Waals surface area contributed by atoms with Crippen LogP contribution in [0.15, 0.2) is 48.8 Å². The lowest BCUT2D eigenvalue weighted by molar-refractivity contribution is -0.117. The smallest absolute Gasteiger partial charge is 0.257 e. The van der Waals surface area contributed by atoms with E-state index in [0.717, 1.165) is 75.0 Å². The number of ether oxygens (including phenoxy) is 2. The van der Waals surface area contributed by atoms with Crippen molar-refractivity contribution in [3.8, 4) is 0 Å². The van der Waals surface area contributed by atoms with Gasteiger partial charge in [0.2, 0.25) is 5.91 Å². The Morgan fingerprint density at radius 3 is 2.35 bits per heavy atom. The molecule has 2 saturated heterocycles. The highest BCUT2D eigenvalue weighted by molar-refractivity contribution is 6.05. The van der Waals surface area contributed by atoms with Gasteiger partial charge in [-0.05, 0) is 86.1 Å². The number of nitrogens with one attached hydrogen (secondary N) is 1. The van der Waals surface area contributed by atoms with Crippen LogP contribution in [0.2, 0.25) is 0 Å². The zero-order chi connectivity index (χ0) is 27.3. The molecule has 0 unspecified atom stereocenters. The number of benzene rings is 1. The molecule has 2 aliphatic heterocycles. The Kier molecular flexibility index (Phi) is 8.44. The van der Waals surface area contributed by atoms with Gasteiger partial charge < -0.3 is 24.3 Å². The van der Waals surface area contributed by atoms with E-state index in [1.54, 1.807) is 6.20 Å². The molecule has 3 aliphatic rings. The molecular formula is C32H40N4O4. The number of carbonyl (C=O) groups is 2. The summed E-state index contributed by atoms with van der Waals surface area (Å²) >= 11 is 0. The maximum Gasteiger partial charge on any atom is 0.257 e. The van der Waals surface area contributed by atoms with Gasteiger partial charge in [0, 0.05) is 57.3 Å². The maximum atomic E-state index is 13.3. The van der Waals surface area contributed by atoms with Crippen molar-refractivity contribution in [1.82, 2.24) is 14.5 Å². The van der Waals surface area contributed by atoms with Crippen molar-refractivity contribution in [3.05, 3.63) is 59.9 Å². The Morgan fingerprint density at radius 1 is 0.875 bits per heavy atom. The number of anilines is 1. The first-order chi connectivity index (χ1) is 19.6. The highest BCUT2D eigenvalue weighted by atomic mass is 16.5. The Hall–Kier alpha value is -3.23. The van der Waals surface area contributed by atoms with E-state index in [1.165, 1.54) is 5.56 Å². The van der Waals surface area contributed by atoms with Crippen LogP contribution in [-0.2, 0) is 20.8 Å². The molecule has 40 heavy (non-hydrogen) atoms. The van der Waals surface area contributed by atoms with Gasteiger partial charge in [-0.15, -0.1) is 0 Å². The number of morpholine rings is 1. The van der Waals surface area contributed by atoms with Gasteiger partial charge in [-0.2, -0.15) is 0 Å². The highest BCUT2D eigenvalue weighted by Gasteiger charge is 2.26. The predicted octanol–water partition coefficient (Wildman–Crippen LogP) is 5.24. The molecule has 1 aliphatic carbocycles. The van der Waals surface area contributed by atoms with Crippen LogP contribution in [0.3, 0.4) is 0 Å². The second-order valence-electron chi connectivity index (χ2n) is 11.6. The third-order valence-electron chi connectivity index (χ3n) is 8.95. The van der Waals surface area contributed by atoms with Crippen LogP contribution in [0.1, 0.15) is 66.8 Å². The number of rotatable bonds is 7. The van der Waals surface area contributed by atoms with E-state index >= 15 is 0 Å². The lowest BCUT2D eigenvalue weighted by Gasteiger charge is -2.29. The lowest BCUT2D eigenvalue weighted by atomic mass is 9.78. The molecule has 2 aromatic heterocycles. The minimum atomic E-state index is 0.0534. The molecule has 0 radical (unpaired) electrons.